The number of hydrogen-bond donors (Lipinski definition) is 4. The number of aromatic hydroxyl groups is 1. The normalized spacial score (nSPS) is 21.8. The largest absolute Gasteiger partial charge is 0.508 e. The number of sulfone groups is 1. The maximum Gasteiger partial charge on any atom is 0.324 e. The van der Waals surface area contributed by atoms with E-state index in [0.717, 1.165) is 44.5 Å². The van der Waals surface area contributed by atoms with Crippen molar-refractivity contribution in [3.05, 3.63) is 101 Å². The molecule has 6 atom stereocenters. The van der Waals surface area contributed by atoms with Gasteiger partial charge in [0.2, 0.25) is 5.91 Å². The molecule has 3 amide bonds. The predicted molar refractivity (Wildman–Crippen MR) is 316 cm³/mol. The summed E-state index contributed by atoms with van der Waals surface area (Å²) in [5.74, 6) is 4.12. The van der Waals surface area contributed by atoms with Crippen LogP contribution in [0.3, 0.4) is 0 Å². The van der Waals surface area contributed by atoms with Crippen LogP contribution < -0.4 is 16.5 Å². The number of phenolic OH excluding ortho intramolecular Hbond substituents is 1. The van der Waals surface area contributed by atoms with Crippen LogP contribution in [0.25, 0.3) is 33.3 Å². The maximum absolute atomic E-state index is 15.0. The summed E-state index contributed by atoms with van der Waals surface area (Å²) in [4.78, 5) is 67.1. The van der Waals surface area contributed by atoms with Gasteiger partial charge in [0.1, 0.15) is 39.8 Å². The van der Waals surface area contributed by atoms with Crippen molar-refractivity contribution in [1.82, 2.24) is 35.1 Å². The van der Waals surface area contributed by atoms with Crippen molar-refractivity contribution in [2.24, 2.45) is 11.3 Å². The predicted octanol–water partition coefficient (Wildman–Crippen LogP) is 6.95. The smallest absolute Gasteiger partial charge is 0.324 e. The number of likely N-dealkylation sites (N-methyl/N-ethyl adjacent to an activating group) is 1. The molecule has 0 spiro atoms. The molecule has 3 saturated heterocycles. The van der Waals surface area contributed by atoms with Crippen molar-refractivity contribution in [1.29, 1.82) is 0 Å². The number of phenols is 1. The quantitative estimate of drug-likeness (QED) is 0.0564. The number of nitrogen functional groups attached to an aromatic ring is 1. The van der Waals surface area contributed by atoms with E-state index in [2.05, 4.69) is 71.0 Å². The van der Waals surface area contributed by atoms with E-state index in [0.29, 0.717) is 93.7 Å². The van der Waals surface area contributed by atoms with Crippen LogP contribution in [0.1, 0.15) is 114 Å². The lowest BCUT2D eigenvalue weighted by Gasteiger charge is -2.37. The van der Waals surface area contributed by atoms with Crippen molar-refractivity contribution < 1.29 is 46.9 Å². The summed E-state index contributed by atoms with van der Waals surface area (Å²) in [5, 5.41) is 16.6. The first-order chi connectivity index (χ1) is 39.0. The fourth-order valence-corrected chi connectivity index (χ4v) is 13.4. The average Bonchev–Trinajstić information content (AvgIpc) is 3.49. The highest BCUT2D eigenvalue weighted by atomic mass is 32.2. The zero-order valence-electron chi connectivity index (χ0n) is 48.8. The van der Waals surface area contributed by atoms with E-state index >= 15 is 0 Å². The number of pyridine rings is 1. The van der Waals surface area contributed by atoms with Gasteiger partial charge in [-0.05, 0) is 129 Å². The zero-order valence-corrected chi connectivity index (χ0v) is 49.6. The van der Waals surface area contributed by atoms with Crippen LogP contribution in [0.2, 0.25) is 0 Å². The summed E-state index contributed by atoms with van der Waals surface area (Å²) < 4.78 is 45.0. The third-order valence-corrected chi connectivity index (χ3v) is 18.5. The molecule has 9 rings (SSSR count). The number of amides is 3. The highest BCUT2D eigenvalue weighted by Crippen LogP contribution is 2.43. The molecule has 438 valence electrons. The minimum atomic E-state index is -3.10. The van der Waals surface area contributed by atoms with Gasteiger partial charge in [0, 0.05) is 105 Å². The molecule has 0 radical (unpaired) electrons. The third kappa shape index (κ3) is 13.2. The Morgan fingerprint density at radius 2 is 1.74 bits per heavy atom. The fraction of sp³-hybridized carbons (Fsp3) is 0.508. The monoisotopic (exact) mass is 1140 g/mol. The molecule has 6 heterocycles. The third-order valence-electron chi connectivity index (χ3n) is 16.8. The highest BCUT2D eigenvalue weighted by molar-refractivity contribution is 7.91. The number of benzene rings is 3. The van der Waals surface area contributed by atoms with E-state index in [9.17, 15) is 32.7 Å². The highest BCUT2D eigenvalue weighted by Gasteiger charge is 2.43. The van der Waals surface area contributed by atoms with Crippen molar-refractivity contribution in [2.45, 2.75) is 135 Å². The van der Waals surface area contributed by atoms with Crippen LogP contribution in [-0.2, 0) is 62.6 Å². The van der Waals surface area contributed by atoms with E-state index in [1.807, 2.05) is 45.0 Å². The summed E-state index contributed by atoms with van der Waals surface area (Å²) in [6.07, 6.45) is 4.92. The number of aryl methyl sites for hydroxylation is 1. The Balaban J connectivity index is 1.09. The Bertz CT molecular complexity index is 3380. The van der Waals surface area contributed by atoms with Crippen molar-refractivity contribution in [3.63, 3.8) is 0 Å². The number of hydrazine groups is 1. The number of piperidine rings is 1. The number of rotatable bonds is 12. The molecule has 4 aliphatic heterocycles. The lowest BCUT2D eigenvalue weighted by molar-refractivity contribution is -0.155. The number of carbonyl (C=O) groups excluding carboxylic acids is 4. The maximum atomic E-state index is 15.0. The van der Waals surface area contributed by atoms with E-state index in [1.165, 1.54) is 16.2 Å². The van der Waals surface area contributed by atoms with Crippen LogP contribution in [0.4, 0.5) is 5.69 Å². The standard InChI is InChI=1S/C63H80N8O10S/c1-10-70-54-20-17-43-34-49(54)51(57(70)50-31-40(36-65-55(50)39(4)79-8)13-11-24-69-26-21-47(22-27-69)82(9,77)78)35-63(5,6)37-81-62(76)52-14-12-25-71(67-52)60(74)53(32-41-29-44(43)33-46(72)30-41)66-59(73)56(38(2)3)68(7)61(75)58-48(23-28-80-58)42-15-18-45(64)19-16-42/h15-20,29-31,33-34,36,38-39,47-48,52-53,56,58,67,72H,10,12,14,21-28,32,35,37,64H2,1-9H3,(H,66,73)/t39-,48+,52-,53-,56-,58+/m0/s1. The molecule has 3 aromatic carbocycles. The lowest BCUT2D eigenvalue weighted by Crippen LogP contribution is -2.62. The Labute approximate surface area is 482 Å². The van der Waals surface area contributed by atoms with Gasteiger partial charge < -0.3 is 39.8 Å². The van der Waals surface area contributed by atoms with E-state index in [4.69, 9.17) is 24.9 Å². The number of methoxy groups -OCH3 is 1. The molecule has 0 saturated carbocycles. The average molecular weight is 1140 g/mol. The minimum absolute atomic E-state index is 0.0372. The minimum Gasteiger partial charge on any atom is -0.508 e. The number of hydrogen-bond acceptors (Lipinski definition) is 14. The van der Waals surface area contributed by atoms with Gasteiger partial charge in [-0.25, -0.2) is 13.8 Å². The first kappa shape index (κ1) is 59.8. The molecular weight excluding hydrogens is 1060 g/mol. The molecule has 6 bridgehead atoms. The van der Waals surface area contributed by atoms with Crippen LogP contribution in [-0.4, -0.2) is 151 Å². The molecule has 4 aliphatic rings. The topological polar surface area (TPSA) is 228 Å². The van der Waals surface area contributed by atoms with Gasteiger partial charge in [0.25, 0.3) is 11.8 Å². The van der Waals surface area contributed by atoms with Crippen LogP contribution >= 0.6 is 0 Å². The molecule has 3 fully saturated rings. The van der Waals surface area contributed by atoms with E-state index in [1.54, 1.807) is 44.6 Å². The Morgan fingerprint density at radius 3 is 2.44 bits per heavy atom. The number of ether oxygens (including phenoxy) is 3. The van der Waals surface area contributed by atoms with E-state index < -0.39 is 63.4 Å². The molecule has 0 aliphatic carbocycles. The second-order valence-corrected chi connectivity index (χ2v) is 26.2. The number of esters is 1. The van der Waals surface area contributed by atoms with E-state index in [-0.39, 0.29) is 48.3 Å². The number of aromatic nitrogens is 2. The van der Waals surface area contributed by atoms with Gasteiger partial charge >= 0.3 is 5.97 Å². The summed E-state index contributed by atoms with van der Waals surface area (Å²) in [6, 6.07) is 17.8. The number of nitrogens with two attached hydrogens (primary N) is 1. The van der Waals surface area contributed by atoms with Gasteiger partial charge in [-0.3, -0.25) is 34.1 Å². The molecule has 0 unspecified atom stereocenters. The number of cyclic esters (lactones) is 1. The lowest BCUT2D eigenvalue weighted by atomic mass is 9.84. The van der Waals surface area contributed by atoms with Crippen molar-refractivity contribution in [2.75, 3.05) is 65.5 Å². The molecule has 2 aromatic heterocycles. The Hall–Kier alpha value is -6.82. The first-order valence-electron chi connectivity index (χ1n) is 28.7. The summed E-state index contributed by atoms with van der Waals surface area (Å²) in [6.45, 7) is 14.9. The number of nitrogens with zero attached hydrogens (tertiary/aromatic N) is 5. The second-order valence-electron chi connectivity index (χ2n) is 23.9. The first-order valence-corrected chi connectivity index (χ1v) is 30.7. The molecule has 82 heavy (non-hydrogen) atoms. The number of carbonyl (C=O) groups is 4. The van der Waals surface area contributed by atoms with Gasteiger partial charge in [-0.1, -0.05) is 63.8 Å². The van der Waals surface area contributed by atoms with Crippen LogP contribution in [0, 0.1) is 23.2 Å². The van der Waals surface area contributed by atoms with Gasteiger partial charge in [-0.15, -0.1) is 0 Å². The van der Waals surface area contributed by atoms with Gasteiger partial charge in [-0.2, -0.15) is 0 Å². The van der Waals surface area contributed by atoms with Crippen molar-refractivity contribution in [3.8, 4) is 40.0 Å². The van der Waals surface area contributed by atoms with Crippen molar-refractivity contribution >= 4 is 50.1 Å². The Morgan fingerprint density at radius 1 is 1.00 bits per heavy atom. The molecule has 18 nitrogen and oxygen atoms in total. The SMILES string of the molecule is CCn1c(-c2cc(C#CCN3CCC(S(C)(=O)=O)CC3)cnc2[C@H](C)OC)c2c3cc(ccc31)-c1cc(O)cc(c1)C[C@H](NC(=O)[C@H](C(C)C)N(C)C(=O)[C@@H]1OCC[C@@H]1c1ccc(N)cc1)C(=O)N1CCC[C@H](N1)C(=O)OCC(C)(C)C2. The van der Waals surface area contributed by atoms with Crippen LogP contribution in [0.15, 0.2) is 72.9 Å². The van der Waals surface area contributed by atoms with Crippen LogP contribution in [0.5, 0.6) is 5.75 Å². The Kier molecular flexibility index (Phi) is 18.2. The summed E-state index contributed by atoms with van der Waals surface area (Å²) >= 11 is 0. The van der Waals surface area contributed by atoms with Gasteiger partial charge in [0.15, 0.2) is 0 Å². The summed E-state index contributed by atoms with van der Waals surface area (Å²) in [5.41, 5.74) is 17.2. The fourth-order valence-electron chi connectivity index (χ4n) is 12.4. The molecule has 5 aromatic rings. The number of fused-ring (bicyclic) bond motifs is 6. The number of anilines is 1. The molecule has 19 heteroatoms. The molecule has 5 N–H and O–H groups in total. The second kappa shape index (κ2) is 25.0. The molecular formula is C63H80N8O10S. The number of nitrogens with one attached hydrogen (secondary N) is 2. The zero-order chi connectivity index (χ0) is 58.8. The number of likely N-dealkylation sites (tertiary alicyclic amines) is 1. The summed E-state index contributed by atoms with van der Waals surface area (Å²) in [7, 11) is 0.145. The van der Waals surface area contributed by atoms with Gasteiger partial charge in [0.05, 0.1) is 35.9 Å².